The maximum absolute atomic E-state index is 13.0. The second-order valence-electron chi connectivity index (χ2n) is 10.8. The van der Waals surface area contributed by atoms with Crippen LogP contribution >= 0.6 is 0 Å². The number of nitrogens with zero attached hydrogens (tertiary/aromatic N) is 1. The van der Waals surface area contributed by atoms with Crippen LogP contribution in [0.3, 0.4) is 0 Å². The van der Waals surface area contributed by atoms with Crippen molar-refractivity contribution >= 4 is 17.3 Å². The molecule has 3 aromatic carbocycles. The molecule has 2 aliphatic heterocycles. The summed E-state index contributed by atoms with van der Waals surface area (Å²) >= 11 is 0. The van der Waals surface area contributed by atoms with Gasteiger partial charge in [-0.3, -0.25) is 0 Å². The van der Waals surface area contributed by atoms with Gasteiger partial charge in [-0.25, -0.2) is 4.79 Å². The Hall–Kier alpha value is -3.27. The number of anilines is 2. The van der Waals surface area contributed by atoms with Gasteiger partial charge < -0.3 is 15.0 Å². The van der Waals surface area contributed by atoms with Gasteiger partial charge in [0.15, 0.2) is 0 Å². The fourth-order valence-corrected chi connectivity index (χ4v) is 5.89. The monoisotopic (exact) mass is 468 g/mol. The summed E-state index contributed by atoms with van der Waals surface area (Å²) in [6, 6.07) is 22.6. The normalized spacial score (nSPS) is 22.4. The summed E-state index contributed by atoms with van der Waals surface area (Å²) in [6.07, 6.45) is 3.43. The minimum Gasteiger partial charge on any atom is -0.427 e. The number of cyclic esters (lactones) is 1. The molecule has 0 aliphatic carbocycles. The fraction of sp³-hybridized carbons (Fsp3) is 0.387. The van der Waals surface area contributed by atoms with Crippen molar-refractivity contribution in [3.8, 4) is 0 Å². The van der Waals surface area contributed by atoms with Gasteiger partial charge in [0.2, 0.25) is 5.72 Å². The zero-order chi connectivity index (χ0) is 24.8. The van der Waals surface area contributed by atoms with Crippen molar-refractivity contribution in [1.82, 2.24) is 0 Å². The van der Waals surface area contributed by atoms with Crippen LogP contribution in [0.2, 0.25) is 0 Å². The van der Waals surface area contributed by atoms with E-state index in [1.807, 2.05) is 36.4 Å². The van der Waals surface area contributed by atoms with Gasteiger partial charge in [-0.1, -0.05) is 62.2 Å². The number of carbonyl (C=O) groups is 1. The zero-order valence-corrected chi connectivity index (χ0v) is 21.5. The van der Waals surface area contributed by atoms with Crippen molar-refractivity contribution in [3.05, 3.63) is 94.5 Å². The Labute approximate surface area is 209 Å². The van der Waals surface area contributed by atoms with Crippen LogP contribution in [0.25, 0.3) is 0 Å². The van der Waals surface area contributed by atoms with E-state index in [-0.39, 0.29) is 11.5 Å². The third kappa shape index (κ3) is 3.99. The number of hydrogen-bond acceptors (Lipinski definition) is 4. The van der Waals surface area contributed by atoms with Crippen LogP contribution in [-0.2, 0) is 10.5 Å². The van der Waals surface area contributed by atoms with Crippen molar-refractivity contribution < 1.29 is 9.53 Å². The number of ether oxygens (including phenoxy) is 1. The van der Waals surface area contributed by atoms with Crippen molar-refractivity contribution in [1.29, 1.82) is 0 Å². The van der Waals surface area contributed by atoms with Gasteiger partial charge in [0.05, 0.1) is 5.56 Å². The first-order valence-electron chi connectivity index (χ1n) is 12.8. The lowest BCUT2D eigenvalue weighted by molar-refractivity contribution is 0.0212. The highest BCUT2D eigenvalue weighted by molar-refractivity contribution is 5.96. The number of hydrogen-bond donors (Lipinski definition) is 1. The van der Waals surface area contributed by atoms with Crippen LogP contribution in [0, 0.1) is 6.92 Å². The lowest BCUT2D eigenvalue weighted by atomic mass is 9.78. The molecule has 4 heteroatoms. The van der Waals surface area contributed by atoms with E-state index in [4.69, 9.17) is 4.74 Å². The van der Waals surface area contributed by atoms with Gasteiger partial charge in [0.25, 0.3) is 0 Å². The minimum atomic E-state index is -1.07. The molecule has 2 aliphatic rings. The molecular weight excluding hydrogens is 432 g/mol. The highest BCUT2D eigenvalue weighted by atomic mass is 16.6. The number of rotatable bonds is 6. The molecule has 4 nitrogen and oxygen atoms in total. The first-order valence-corrected chi connectivity index (χ1v) is 12.8. The molecule has 0 saturated carbocycles. The molecule has 0 bridgehead atoms. The first kappa shape index (κ1) is 23.5. The van der Waals surface area contributed by atoms with E-state index < -0.39 is 5.72 Å². The van der Waals surface area contributed by atoms with Gasteiger partial charge in [-0.05, 0) is 75.4 Å². The van der Waals surface area contributed by atoms with E-state index in [2.05, 4.69) is 75.2 Å². The third-order valence-corrected chi connectivity index (χ3v) is 7.67. The lowest BCUT2D eigenvalue weighted by Crippen LogP contribution is -2.49. The van der Waals surface area contributed by atoms with Crippen LogP contribution in [0.1, 0.15) is 85.5 Å². The molecule has 5 rings (SSSR count). The maximum atomic E-state index is 13.0. The predicted molar refractivity (Wildman–Crippen MR) is 143 cm³/mol. The van der Waals surface area contributed by atoms with Crippen molar-refractivity contribution in [3.63, 3.8) is 0 Å². The average Bonchev–Trinajstić information content (AvgIpc) is 3.12. The van der Waals surface area contributed by atoms with E-state index >= 15 is 0 Å². The SMILES string of the molecule is CCCCN1c2ccc(C3(Nc4ccc(C)cc4)OC(=O)c4ccccc43)cc2C(C)CC1(C)C. The molecule has 2 unspecified atom stereocenters. The van der Waals surface area contributed by atoms with E-state index in [0.29, 0.717) is 11.5 Å². The van der Waals surface area contributed by atoms with Gasteiger partial charge in [-0.2, -0.15) is 0 Å². The Kier molecular flexibility index (Phi) is 5.86. The summed E-state index contributed by atoms with van der Waals surface area (Å²) in [5, 5.41) is 3.61. The van der Waals surface area contributed by atoms with E-state index in [1.165, 1.54) is 29.7 Å². The lowest BCUT2D eigenvalue weighted by Gasteiger charge is -2.48. The van der Waals surface area contributed by atoms with Gasteiger partial charge >= 0.3 is 5.97 Å². The molecule has 35 heavy (non-hydrogen) atoms. The summed E-state index contributed by atoms with van der Waals surface area (Å²) < 4.78 is 6.23. The topological polar surface area (TPSA) is 41.6 Å². The van der Waals surface area contributed by atoms with Crippen molar-refractivity contribution in [2.45, 2.75) is 71.1 Å². The summed E-state index contributed by atoms with van der Waals surface area (Å²) in [6.45, 7) is 12.4. The second kappa shape index (κ2) is 8.75. The average molecular weight is 469 g/mol. The predicted octanol–water partition coefficient (Wildman–Crippen LogP) is 7.37. The number of fused-ring (bicyclic) bond motifs is 2. The van der Waals surface area contributed by atoms with Gasteiger partial charge in [-0.15, -0.1) is 0 Å². The molecule has 3 aromatic rings. The van der Waals surface area contributed by atoms with Gasteiger partial charge in [0.1, 0.15) is 0 Å². The molecule has 2 atom stereocenters. The highest BCUT2D eigenvalue weighted by Gasteiger charge is 2.48. The van der Waals surface area contributed by atoms with E-state index in [0.717, 1.165) is 29.8 Å². The summed E-state index contributed by atoms with van der Waals surface area (Å²) in [7, 11) is 0. The molecule has 0 aromatic heterocycles. The molecule has 0 radical (unpaired) electrons. The summed E-state index contributed by atoms with van der Waals surface area (Å²) in [4.78, 5) is 15.6. The highest BCUT2D eigenvalue weighted by Crippen LogP contribution is 2.48. The van der Waals surface area contributed by atoms with E-state index in [1.54, 1.807) is 0 Å². The quantitative estimate of drug-likeness (QED) is 0.384. The number of esters is 1. The number of nitrogens with one attached hydrogen (secondary N) is 1. The molecule has 182 valence electrons. The summed E-state index contributed by atoms with van der Waals surface area (Å²) in [5.41, 5.74) is 6.18. The molecule has 0 spiro atoms. The Bertz CT molecular complexity index is 1250. The molecule has 0 fully saturated rings. The Balaban J connectivity index is 1.65. The number of unbranched alkanes of at least 4 members (excludes halogenated alkanes) is 1. The van der Waals surface area contributed by atoms with Crippen LogP contribution in [0.5, 0.6) is 0 Å². The van der Waals surface area contributed by atoms with Crippen LogP contribution < -0.4 is 10.2 Å². The molecule has 2 heterocycles. The van der Waals surface area contributed by atoms with Crippen LogP contribution in [0.15, 0.2) is 66.7 Å². The largest absolute Gasteiger partial charge is 0.427 e. The Morgan fingerprint density at radius 2 is 1.80 bits per heavy atom. The molecule has 0 amide bonds. The second-order valence-corrected chi connectivity index (χ2v) is 10.8. The smallest absolute Gasteiger partial charge is 0.341 e. The first-order chi connectivity index (χ1) is 16.7. The van der Waals surface area contributed by atoms with Crippen LogP contribution in [0.4, 0.5) is 11.4 Å². The van der Waals surface area contributed by atoms with Gasteiger partial charge in [0, 0.05) is 34.6 Å². The third-order valence-electron chi connectivity index (χ3n) is 7.67. The number of carbonyl (C=O) groups excluding carboxylic acids is 1. The van der Waals surface area contributed by atoms with Crippen molar-refractivity contribution in [2.24, 2.45) is 0 Å². The molecule has 0 saturated heterocycles. The molecular formula is C31H36N2O2. The fourth-order valence-electron chi connectivity index (χ4n) is 5.89. The Morgan fingerprint density at radius 1 is 1.06 bits per heavy atom. The molecule has 1 N–H and O–H groups in total. The minimum absolute atomic E-state index is 0.105. The Morgan fingerprint density at radius 3 is 2.54 bits per heavy atom. The summed E-state index contributed by atoms with van der Waals surface area (Å²) in [5.74, 6) is 0.110. The van der Waals surface area contributed by atoms with Crippen molar-refractivity contribution in [2.75, 3.05) is 16.8 Å². The van der Waals surface area contributed by atoms with E-state index in [9.17, 15) is 4.79 Å². The maximum Gasteiger partial charge on any atom is 0.341 e. The standard InChI is InChI=1S/C31H36N2O2/c1-6-7-18-33-28-17-14-23(19-26(28)22(3)20-30(33,4)5)31(32-24-15-12-21(2)13-16-24)27-11-9-8-10-25(27)29(34)35-31/h8-17,19,22,32H,6-7,18,20H2,1-5H3. The number of aryl methyl sites for hydroxylation is 1. The number of benzene rings is 3. The van der Waals surface area contributed by atoms with Crippen LogP contribution in [-0.4, -0.2) is 18.1 Å². The zero-order valence-electron chi connectivity index (χ0n) is 21.5.